The van der Waals surface area contributed by atoms with Gasteiger partial charge in [-0.05, 0) is 43.6 Å². The van der Waals surface area contributed by atoms with E-state index in [-0.39, 0.29) is 12.5 Å². The Hall–Kier alpha value is -1.26. The van der Waals surface area contributed by atoms with Crippen LogP contribution in [0.4, 0.5) is 5.69 Å². The Labute approximate surface area is 111 Å². The van der Waals surface area contributed by atoms with Crippen molar-refractivity contribution in [2.24, 2.45) is 5.92 Å². The predicted octanol–water partition coefficient (Wildman–Crippen LogP) is 1.67. The number of nitrogens with one attached hydrogen (secondary N) is 1. The monoisotopic (exact) mass is 266 g/mol. The molecule has 3 rings (SSSR count). The highest BCUT2D eigenvalue weighted by Crippen LogP contribution is 2.34. The summed E-state index contributed by atoms with van der Waals surface area (Å²) in [6.07, 6.45) is 1.02. The summed E-state index contributed by atoms with van der Waals surface area (Å²) in [6.45, 7) is 2.97. The van der Waals surface area contributed by atoms with Crippen LogP contribution in [0, 0.1) is 5.92 Å². The Morgan fingerprint density at radius 2 is 2.28 bits per heavy atom. The quantitative estimate of drug-likeness (QED) is 0.905. The topological polar surface area (TPSA) is 41.6 Å². The van der Waals surface area contributed by atoms with Crippen LogP contribution in [-0.2, 0) is 4.79 Å². The molecule has 0 radical (unpaired) electrons. The zero-order chi connectivity index (χ0) is 12.5. The lowest BCUT2D eigenvalue weighted by Gasteiger charge is -2.33. The van der Waals surface area contributed by atoms with Crippen molar-refractivity contribution in [2.45, 2.75) is 6.42 Å². The fraction of sp³-hybridized carbons (Fsp3) is 0.462. The average molecular weight is 267 g/mol. The smallest absolute Gasteiger partial charge is 0.265 e. The number of carbonyl (C=O) groups excluding carboxylic acids is 1. The Bertz CT molecular complexity index is 474. The number of anilines is 1. The molecule has 1 aromatic carbocycles. The average Bonchev–Trinajstić information content (AvgIpc) is 2.30. The summed E-state index contributed by atoms with van der Waals surface area (Å²) in [5.41, 5.74) is 0.797. The van der Waals surface area contributed by atoms with E-state index in [9.17, 15) is 4.79 Å². The minimum absolute atomic E-state index is 0.0112. The van der Waals surface area contributed by atoms with E-state index in [2.05, 4.69) is 5.32 Å². The minimum atomic E-state index is 0.0112. The normalized spacial score (nSPS) is 19.2. The lowest BCUT2D eigenvalue weighted by molar-refractivity contribution is -0.121. The number of benzene rings is 1. The Morgan fingerprint density at radius 1 is 1.44 bits per heavy atom. The second kappa shape index (κ2) is 4.78. The van der Waals surface area contributed by atoms with E-state index in [1.807, 2.05) is 6.07 Å². The van der Waals surface area contributed by atoms with Crippen molar-refractivity contribution in [3.63, 3.8) is 0 Å². The predicted molar refractivity (Wildman–Crippen MR) is 70.3 cm³/mol. The summed E-state index contributed by atoms with van der Waals surface area (Å²) < 4.78 is 5.41. The third-order valence-corrected chi connectivity index (χ3v) is 3.73. The maximum Gasteiger partial charge on any atom is 0.265 e. The molecule has 0 bridgehead atoms. The summed E-state index contributed by atoms with van der Waals surface area (Å²) in [6, 6.07) is 5.40. The summed E-state index contributed by atoms with van der Waals surface area (Å²) in [5, 5.41) is 3.87. The third kappa shape index (κ3) is 2.18. The van der Waals surface area contributed by atoms with Gasteiger partial charge in [-0.15, -0.1) is 0 Å². The van der Waals surface area contributed by atoms with Crippen LogP contribution in [0.1, 0.15) is 6.42 Å². The molecule has 4 nitrogen and oxygen atoms in total. The highest BCUT2D eigenvalue weighted by Gasteiger charge is 2.27. The molecule has 2 aliphatic heterocycles. The standard InChI is InChI=1S/C13H15ClN2O2/c14-10-1-2-12-11(5-10)16(13(17)8-18-12)4-3-9-6-15-7-9/h1-2,5,9,15H,3-4,6-8H2. The van der Waals surface area contributed by atoms with Crippen LogP contribution in [0.15, 0.2) is 18.2 Å². The van der Waals surface area contributed by atoms with E-state index < -0.39 is 0 Å². The van der Waals surface area contributed by atoms with E-state index in [4.69, 9.17) is 16.3 Å². The fourth-order valence-electron chi connectivity index (χ4n) is 2.28. The van der Waals surface area contributed by atoms with Crippen molar-refractivity contribution in [2.75, 3.05) is 31.1 Å². The van der Waals surface area contributed by atoms with Gasteiger partial charge in [0, 0.05) is 11.6 Å². The van der Waals surface area contributed by atoms with Gasteiger partial charge in [-0.2, -0.15) is 0 Å². The first kappa shape index (κ1) is 11.8. The van der Waals surface area contributed by atoms with E-state index in [0.717, 1.165) is 37.5 Å². The van der Waals surface area contributed by atoms with Crippen molar-refractivity contribution in [3.8, 4) is 5.75 Å². The van der Waals surface area contributed by atoms with Crippen molar-refractivity contribution < 1.29 is 9.53 Å². The van der Waals surface area contributed by atoms with Gasteiger partial charge in [-0.3, -0.25) is 4.79 Å². The molecule has 0 atom stereocenters. The molecule has 1 fully saturated rings. The molecule has 1 amide bonds. The van der Waals surface area contributed by atoms with Crippen LogP contribution in [0.2, 0.25) is 5.02 Å². The maximum atomic E-state index is 11.9. The molecule has 0 unspecified atom stereocenters. The van der Waals surface area contributed by atoms with Crippen molar-refractivity contribution >= 4 is 23.2 Å². The Kier molecular flexibility index (Phi) is 3.14. The number of carbonyl (C=O) groups is 1. The van der Waals surface area contributed by atoms with Crippen LogP contribution >= 0.6 is 11.6 Å². The molecule has 1 N–H and O–H groups in total. The van der Waals surface area contributed by atoms with Crippen molar-refractivity contribution in [1.29, 1.82) is 0 Å². The van der Waals surface area contributed by atoms with Crippen LogP contribution < -0.4 is 15.0 Å². The maximum absolute atomic E-state index is 11.9. The van der Waals surface area contributed by atoms with Gasteiger partial charge >= 0.3 is 0 Å². The molecule has 1 saturated heterocycles. The second-order valence-electron chi connectivity index (χ2n) is 4.76. The summed E-state index contributed by atoms with van der Waals surface area (Å²) >= 11 is 5.99. The largest absolute Gasteiger partial charge is 0.482 e. The zero-order valence-electron chi connectivity index (χ0n) is 9.99. The molecule has 1 aromatic rings. The minimum Gasteiger partial charge on any atom is -0.482 e. The molecule has 2 heterocycles. The van der Waals surface area contributed by atoms with E-state index in [0.29, 0.717) is 10.9 Å². The van der Waals surface area contributed by atoms with Crippen LogP contribution in [0.25, 0.3) is 0 Å². The molecule has 0 saturated carbocycles. The number of ether oxygens (including phenoxy) is 1. The number of hydrogen-bond acceptors (Lipinski definition) is 3. The SMILES string of the molecule is O=C1COc2ccc(Cl)cc2N1CCC1CNC1. The highest BCUT2D eigenvalue weighted by molar-refractivity contribution is 6.31. The fourth-order valence-corrected chi connectivity index (χ4v) is 2.45. The van der Waals surface area contributed by atoms with Crippen molar-refractivity contribution in [3.05, 3.63) is 23.2 Å². The van der Waals surface area contributed by atoms with Crippen LogP contribution in [0.3, 0.4) is 0 Å². The highest BCUT2D eigenvalue weighted by atomic mass is 35.5. The number of amides is 1. The lowest BCUT2D eigenvalue weighted by Crippen LogP contribution is -2.45. The van der Waals surface area contributed by atoms with Gasteiger partial charge < -0.3 is 15.0 Å². The number of rotatable bonds is 3. The van der Waals surface area contributed by atoms with E-state index in [1.165, 1.54) is 0 Å². The third-order valence-electron chi connectivity index (χ3n) is 3.49. The summed E-state index contributed by atoms with van der Waals surface area (Å²) in [4.78, 5) is 13.7. The number of fused-ring (bicyclic) bond motifs is 1. The molecular weight excluding hydrogens is 252 g/mol. The summed E-state index contributed by atoms with van der Waals surface area (Å²) in [7, 11) is 0. The van der Waals surface area contributed by atoms with E-state index >= 15 is 0 Å². The van der Waals surface area contributed by atoms with Gasteiger partial charge in [0.05, 0.1) is 5.69 Å². The van der Waals surface area contributed by atoms with Crippen LogP contribution in [0.5, 0.6) is 5.75 Å². The Morgan fingerprint density at radius 3 is 3.00 bits per heavy atom. The Balaban J connectivity index is 1.79. The molecule has 0 aliphatic carbocycles. The first-order valence-electron chi connectivity index (χ1n) is 6.17. The van der Waals surface area contributed by atoms with Gasteiger partial charge in [0.25, 0.3) is 5.91 Å². The second-order valence-corrected chi connectivity index (χ2v) is 5.20. The molecule has 18 heavy (non-hydrogen) atoms. The van der Waals surface area contributed by atoms with E-state index in [1.54, 1.807) is 17.0 Å². The number of nitrogens with zero attached hydrogens (tertiary/aromatic N) is 1. The van der Waals surface area contributed by atoms with Gasteiger partial charge in [-0.1, -0.05) is 11.6 Å². The molecule has 2 aliphatic rings. The van der Waals surface area contributed by atoms with Gasteiger partial charge in [0.15, 0.2) is 6.61 Å². The molecule has 0 spiro atoms. The molecule has 96 valence electrons. The number of hydrogen-bond donors (Lipinski definition) is 1. The number of halogens is 1. The lowest BCUT2D eigenvalue weighted by atomic mass is 9.99. The van der Waals surface area contributed by atoms with Gasteiger partial charge in [-0.25, -0.2) is 0 Å². The van der Waals surface area contributed by atoms with Crippen LogP contribution in [-0.4, -0.2) is 32.1 Å². The molecular formula is C13H15ClN2O2. The first-order valence-corrected chi connectivity index (χ1v) is 6.55. The first-order chi connectivity index (χ1) is 8.74. The van der Waals surface area contributed by atoms with Crippen molar-refractivity contribution in [1.82, 2.24) is 5.32 Å². The molecule has 0 aromatic heterocycles. The van der Waals surface area contributed by atoms with Gasteiger partial charge in [0.1, 0.15) is 5.75 Å². The summed E-state index contributed by atoms with van der Waals surface area (Å²) in [5.74, 6) is 1.44. The molecule has 5 heteroatoms. The zero-order valence-corrected chi connectivity index (χ0v) is 10.7. The van der Waals surface area contributed by atoms with Gasteiger partial charge in [0.2, 0.25) is 0 Å².